The van der Waals surface area contributed by atoms with Crippen molar-refractivity contribution in [2.45, 2.75) is 6.10 Å². The molecule has 0 unspecified atom stereocenters. The Balaban J connectivity index is 2.09. The van der Waals surface area contributed by atoms with Crippen LogP contribution in [-0.4, -0.2) is 57.3 Å². The summed E-state index contributed by atoms with van der Waals surface area (Å²) in [6.45, 7) is 2.87. The van der Waals surface area contributed by atoms with Gasteiger partial charge in [-0.3, -0.25) is 5.41 Å². The predicted octanol–water partition coefficient (Wildman–Crippen LogP) is 0.0440. The summed E-state index contributed by atoms with van der Waals surface area (Å²) in [7, 11) is 3.48. The second-order valence-corrected chi connectivity index (χ2v) is 3.40. The van der Waals surface area contributed by atoms with Crippen molar-refractivity contribution in [2.24, 2.45) is 0 Å². The third-order valence-electron chi connectivity index (χ3n) is 2.24. The van der Waals surface area contributed by atoms with Crippen molar-refractivity contribution in [1.82, 2.24) is 10.2 Å². The van der Waals surface area contributed by atoms with E-state index in [4.69, 9.17) is 14.9 Å². The summed E-state index contributed by atoms with van der Waals surface area (Å²) >= 11 is 0. The zero-order valence-electron chi connectivity index (χ0n) is 9.32. The smallest absolute Gasteiger partial charge is 0.122 e. The largest absolute Gasteiger partial charge is 0.394 e. The van der Waals surface area contributed by atoms with Crippen LogP contribution in [0.25, 0.3) is 0 Å². The van der Waals surface area contributed by atoms with Gasteiger partial charge in [-0.05, 0) is 12.3 Å². The third-order valence-corrected chi connectivity index (χ3v) is 2.24. The van der Waals surface area contributed by atoms with E-state index in [-0.39, 0.29) is 6.10 Å². The van der Waals surface area contributed by atoms with E-state index in [1.807, 2.05) is 11.9 Å². The first-order valence-electron chi connectivity index (χ1n) is 5.05. The molecule has 1 heterocycles. The summed E-state index contributed by atoms with van der Waals surface area (Å²) < 4.78 is 10.4. The molecule has 0 saturated carbocycles. The topological polar surface area (TPSA) is 57.6 Å². The van der Waals surface area contributed by atoms with Crippen LogP contribution >= 0.6 is 0 Å². The molecular weight excluding hydrogens is 194 g/mol. The van der Waals surface area contributed by atoms with E-state index in [9.17, 15) is 0 Å². The Morgan fingerprint density at radius 3 is 2.87 bits per heavy atom. The Morgan fingerprint density at radius 1 is 1.53 bits per heavy atom. The second-order valence-electron chi connectivity index (χ2n) is 3.40. The van der Waals surface area contributed by atoms with Gasteiger partial charge in [0.05, 0.1) is 19.3 Å². The van der Waals surface area contributed by atoms with Crippen molar-refractivity contribution in [1.29, 1.82) is 5.41 Å². The van der Waals surface area contributed by atoms with Crippen LogP contribution in [0.5, 0.6) is 0 Å². The maximum Gasteiger partial charge on any atom is 0.122 e. The number of nitrogens with one attached hydrogen (secondary N) is 2. The van der Waals surface area contributed by atoms with E-state index in [1.165, 1.54) is 0 Å². The number of nitrogens with zero attached hydrogens (tertiary/aromatic N) is 1. The first-order valence-corrected chi connectivity index (χ1v) is 5.05. The van der Waals surface area contributed by atoms with E-state index in [0.29, 0.717) is 19.0 Å². The summed E-state index contributed by atoms with van der Waals surface area (Å²) in [6.07, 6.45) is 3.75. The van der Waals surface area contributed by atoms with Crippen molar-refractivity contribution < 1.29 is 9.47 Å². The van der Waals surface area contributed by atoms with E-state index >= 15 is 0 Å². The van der Waals surface area contributed by atoms with Gasteiger partial charge in [-0.2, -0.15) is 0 Å². The highest BCUT2D eigenvalue weighted by atomic mass is 16.5. The Hall–Kier alpha value is -1.07. The Bertz CT molecular complexity index is 225. The fourth-order valence-electron chi connectivity index (χ4n) is 1.31. The number of amidine groups is 1. The molecule has 15 heavy (non-hydrogen) atoms. The molecule has 0 bridgehead atoms. The average Bonchev–Trinajstić information content (AvgIpc) is 2.18. The molecule has 86 valence electrons. The van der Waals surface area contributed by atoms with Crippen molar-refractivity contribution in [3.05, 3.63) is 12.3 Å². The quantitative estimate of drug-likeness (QED) is 0.372. The summed E-state index contributed by atoms with van der Waals surface area (Å²) in [4.78, 5) is 1.96. The molecule has 5 nitrogen and oxygen atoms in total. The molecule has 0 radical (unpaired) electrons. The standard InChI is InChI=1S/C10H19N3O2/c1-12-4-3-10(11)13-7-9(8-13)15-6-5-14-2/h3-4,9,11-12H,5-8H2,1-2H3/b4-3-,11-10?. The van der Waals surface area contributed by atoms with Gasteiger partial charge in [-0.15, -0.1) is 0 Å². The molecule has 5 heteroatoms. The average molecular weight is 213 g/mol. The zero-order chi connectivity index (χ0) is 11.1. The van der Waals surface area contributed by atoms with Gasteiger partial charge in [0.2, 0.25) is 0 Å². The molecule has 0 aromatic rings. The molecular formula is C10H19N3O2. The summed E-state index contributed by atoms with van der Waals surface area (Å²) in [5.74, 6) is 0.524. The van der Waals surface area contributed by atoms with Crippen molar-refractivity contribution in [2.75, 3.05) is 40.5 Å². The van der Waals surface area contributed by atoms with Gasteiger partial charge in [0.25, 0.3) is 0 Å². The van der Waals surface area contributed by atoms with Crippen molar-refractivity contribution in [3.8, 4) is 0 Å². The zero-order valence-corrected chi connectivity index (χ0v) is 9.32. The van der Waals surface area contributed by atoms with E-state index in [0.717, 1.165) is 13.1 Å². The number of likely N-dealkylation sites (tertiary alicyclic amines) is 1. The number of hydrogen-bond acceptors (Lipinski definition) is 4. The summed E-state index contributed by atoms with van der Waals surface area (Å²) in [5.41, 5.74) is 0. The maximum atomic E-state index is 7.67. The van der Waals surface area contributed by atoms with Crippen LogP contribution in [0.4, 0.5) is 0 Å². The maximum absolute atomic E-state index is 7.67. The fraction of sp³-hybridized carbons (Fsp3) is 0.700. The molecule has 0 spiro atoms. The van der Waals surface area contributed by atoms with Crippen LogP contribution < -0.4 is 5.32 Å². The molecule has 1 fully saturated rings. The lowest BCUT2D eigenvalue weighted by Gasteiger charge is -2.39. The van der Waals surface area contributed by atoms with Gasteiger partial charge in [-0.1, -0.05) is 0 Å². The highest BCUT2D eigenvalue weighted by Crippen LogP contribution is 2.11. The number of hydrogen-bond donors (Lipinski definition) is 2. The molecule has 0 amide bonds. The predicted molar refractivity (Wildman–Crippen MR) is 59.1 cm³/mol. The monoisotopic (exact) mass is 213 g/mol. The van der Waals surface area contributed by atoms with E-state index < -0.39 is 0 Å². The SMILES string of the molecule is CN/C=C\C(=N)N1CC(OCCOC)C1. The normalized spacial score (nSPS) is 16.8. The molecule has 0 aliphatic carbocycles. The molecule has 1 rings (SSSR count). The van der Waals surface area contributed by atoms with Crippen LogP contribution in [0.15, 0.2) is 12.3 Å². The molecule has 0 aromatic heterocycles. The van der Waals surface area contributed by atoms with Gasteiger partial charge in [0.15, 0.2) is 0 Å². The first-order chi connectivity index (χ1) is 7.27. The molecule has 1 aliphatic rings. The first kappa shape index (κ1) is 12.0. The third kappa shape index (κ3) is 3.89. The number of ether oxygens (including phenoxy) is 2. The van der Waals surface area contributed by atoms with E-state index in [2.05, 4.69) is 5.32 Å². The Kier molecular flexibility index (Phi) is 5.14. The summed E-state index contributed by atoms with van der Waals surface area (Å²) in [5, 5.41) is 10.5. The fourth-order valence-corrected chi connectivity index (χ4v) is 1.31. The van der Waals surface area contributed by atoms with Gasteiger partial charge in [0.1, 0.15) is 5.84 Å². The van der Waals surface area contributed by atoms with Crippen LogP contribution in [0.3, 0.4) is 0 Å². The van der Waals surface area contributed by atoms with E-state index in [1.54, 1.807) is 19.4 Å². The lowest BCUT2D eigenvalue weighted by molar-refractivity contribution is -0.0425. The lowest BCUT2D eigenvalue weighted by Crippen LogP contribution is -2.54. The van der Waals surface area contributed by atoms with Gasteiger partial charge >= 0.3 is 0 Å². The van der Waals surface area contributed by atoms with Gasteiger partial charge < -0.3 is 19.7 Å². The minimum absolute atomic E-state index is 0.253. The molecule has 0 aromatic carbocycles. The van der Waals surface area contributed by atoms with Gasteiger partial charge in [-0.25, -0.2) is 0 Å². The van der Waals surface area contributed by atoms with Crippen molar-refractivity contribution in [3.63, 3.8) is 0 Å². The molecule has 1 saturated heterocycles. The van der Waals surface area contributed by atoms with Crippen LogP contribution in [0.2, 0.25) is 0 Å². The summed E-state index contributed by atoms with van der Waals surface area (Å²) in [6, 6.07) is 0. The van der Waals surface area contributed by atoms with Crippen LogP contribution in [0, 0.1) is 5.41 Å². The highest BCUT2D eigenvalue weighted by Gasteiger charge is 2.28. The molecule has 2 N–H and O–H groups in total. The van der Waals surface area contributed by atoms with Crippen LogP contribution in [0.1, 0.15) is 0 Å². The molecule has 1 aliphatic heterocycles. The Morgan fingerprint density at radius 2 is 2.27 bits per heavy atom. The number of rotatable bonds is 6. The van der Waals surface area contributed by atoms with Gasteiger partial charge in [0, 0.05) is 27.2 Å². The minimum Gasteiger partial charge on any atom is -0.394 e. The van der Waals surface area contributed by atoms with Crippen molar-refractivity contribution >= 4 is 5.84 Å². The highest BCUT2D eigenvalue weighted by molar-refractivity contribution is 5.90. The number of methoxy groups -OCH3 is 1. The second kappa shape index (κ2) is 6.42. The van der Waals surface area contributed by atoms with Crippen LogP contribution in [-0.2, 0) is 9.47 Å². The Labute approximate surface area is 90.6 Å². The minimum atomic E-state index is 0.253. The molecule has 0 atom stereocenters. The lowest BCUT2D eigenvalue weighted by atomic mass is 10.1.